The number of aromatic nitrogens is 4. The summed E-state index contributed by atoms with van der Waals surface area (Å²) in [4.78, 5) is 28.9. The van der Waals surface area contributed by atoms with E-state index >= 15 is 0 Å². The van der Waals surface area contributed by atoms with E-state index in [0.717, 1.165) is 13.0 Å². The minimum atomic E-state index is -0.0284. The maximum Gasteiger partial charge on any atom is 0.241 e. The van der Waals surface area contributed by atoms with Crippen molar-refractivity contribution in [1.82, 2.24) is 24.8 Å². The Morgan fingerprint density at radius 3 is 2.85 bits per heavy atom. The van der Waals surface area contributed by atoms with E-state index in [0.29, 0.717) is 22.9 Å². The molecule has 2 aromatic rings. The Hall–Kier alpha value is -2.38. The highest BCUT2D eigenvalue weighted by Gasteiger charge is 2.11. The molecule has 0 saturated heterocycles. The molecular formula is C12H19N7O. The highest BCUT2D eigenvalue weighted by Crippen LogP contribution is 2.18. The summed E-state index contributed by atoms with van der Waals surface area (Å²) in [5, 5.41) is 6.13. The van der Waals surface area contributed by atoms with Crippen LogP contribution in [0, 0.1) is 0 Å². The van der Waals surface area contributed by atoms with Gasteiger partial charge in [-0.25, -0.2) is 4.98 Å². The average molecular weight is 277 g/mol. The number of H-pyrrole nitrogens is 1. The Kier molecular flexibility index (Phi) is 4.34. The minimum absolute atomic E-state index is 0.0284. The molecule has 0 aromatic carbocycles. The van der Waals surface area contributed by atoms with Gasteiger partial charge in [0.25, 0.3) is 0 Å². The first-order valence-corrected chi connectivity index (χ1v) is 6.50. The number of likely N-dealkylation sites (N-methyl/N-ethyl adjacent to an activating group) is 1. The highest BCUT2D eigenvalue weighted by molar-refractivity contribution is 5.87. The van der Waals surface area contributed by atoms with Crippen molar-refractivity contribution in [3.8, 4) is 0 Å². The van der Waals surface area contributed by atoms with Crippen molar-refractivity contribution in [2.45, 2.75) is 13.3 Å². The van der Waals surface area contributed by atoms with Gasteiger partial charge in [-0.2, -0.15) is 9.97 Å². The van der Waals surface area contributed by atoms with Crippen molar-refractivity contribution in [1.29, 1.82) is 0 Å². The largest absolute Gasteiger partial charge is 0.359 e. The fraction of sp³-hybridized carbons (Fsp3) is 0.500. The quantitative estimate of drug-likeness (QED) is 0.718. The van der Waals surface area contributed by atoms with E-state index in [4.69, 9.17) is 0 Å². The van der Waals surface area contributed by atoms with Gasteiger partial charge in [-0.1, -0.05) is 6.92 Å². The second-order valence-corrected chi connectivity index (χ2v) is 4.57. The van der Waals surface area contributed by atoms with Crippen molar-refractivity contribution >= 4 is 28.8 Å². The number of carbonyl (C=O) groups excluding carboxylic acids is 1. The summed E-state index contributed by atoms with van der Waals surface area (Å²) in [7, 11) is 3.42. The normalized spacial score (nSPS) is 10.6. The summed E-state index contributed by atoms with van der Waals surface area (Å²) in [5.74, 6) is 1.05. The van der Waals surface area contributed by atoms with Crippen LogP contribution in [0.2, 0.25) is 0 Å². The smallest absolute Gasteiger partial charge is 0.241 e. The van der Waals surface area contributed by atoms with Gasteiger partial charge in [0, 0.05) is 20.6 Å². The number of fused-ring (bicyclic) bond motifs is 1. The fourth-order valence-corrected chi connectivity index (χ4v) is 1.59. The van der Waals surface area contributed by atoms with E-state index in [1.54, 1.807) is 20.4 Å². The average Bonchev–Trinajstić information content (AvgIpc) is 2.90. The van der Waals surface area contributed by atoms with E-state index in [-0.39, 0.29) is 12.5 Å². The Bertz CT molecular complexity index is 593. The molecule has 2 heterocycles. The molecule has 2 aromatic heterocycles. The fourth-order valence-electron chi connectivity index (χ4n) is 1.59. The molecule has 0 aliphatic carbocycles. The zero-order chi connectivity index (χ0) is 14.5. The molecule has 0 radical (unpaired) electrons. The van der Waals surface area contributed by atoms with Crippen LogP contribution in [0.3, 0.4) is 0 Å². The van der Waals surface area contributed by atoms with Gasteiger partial charge < -0.3 is 20.5 Å². The van der Waals surface area contributed by atoms with Crippen LogP contribution in [-0.4, -0.2) is 57.9 Å². The molecule has 8 heteroatoms. The van der Waals surface area contributed by atoms with Crippen molar-refractivity contribution in [2.24, 2.45) is 0 Å². The molecular weight excluding hydrogens is 258 g/mol. The number of hydrogen-bond donors (Lipinski definition) is 3. The summed E-state index contributed by atoms with van der Waals surface area (Å²) in [5.41, 5.74) is 1.26. The maximum absolute atomic E-state index is 11.6. The van der Waals surface area contributed by atoms with E-state index < -0.39 is 0 Å². The Labute approximate surface area is 117 Å². The second kappa shape index (κ2) is 6.18. The second-order valence-electron chi connectivity index (χ2n) is 4.57. The van der Waals surface area contributed by atoms with Gasteiger partial charge in [-0.3, -0.25) is 4.79 Å². The number of nitrogens with one attached hydrogen (secondary N) is 3. The first-order chi connectivity index (χ1) is 9.61. The monoisotopic (exact) mass is 277 g/mol. The van der Waals surface area contributed by atoms with Gasteiger partial charge in [-0.05, 0) is 6.42 Å². The first-order valence-electron chi connectivity index (χ1n) is 6.50. The lowest BCUT2D eigenvalue weighted by Crippen LogP contribution is -2.29. The lowest BCUT2D eigenvalue weighted by molar-refractivity contribution is -0.126. The molecule has 3 N–H and O–H groups in total. The van der Waals surface area contributed by atoms with Crippen LogP contribution in [0.25, 0.3) is 11.2 Å². The third-order valence-electron chi connectivity index (χ3n) is 2.72. The molecule has 2 rings (SSSR count). The molecule has 0 fully saturated rings. The predicted octanol–water partition coefficient (Wildman–Crippen LogP) is 0.675. The van der Waals surface area contributed by atoms with E-state index in [1.807, 2.05) is 0 Å². The van der Waals surface area contributed by atoms with Crippen LogP contribution in [-0.2, 0) is 4.79 Å². The molecule has 0 saturated carbocycles. The number of rotatable bonds is 6. The number of amides is 1. The molecule has 0 unspecified atom stereocenters. The number of aromatic amines is 1. The van der Waals surface area contributed by atoms with Crippen LogP contribution >= 0.6 is 0 Å². The number of hydrogen-bond acceptors (Lipinski definition) is 6. The van der Waals surface area contributed by atoms with Crippen LogP contribution in [0.5, 0.6) is 0 Å². The zero-order valence-corrected chi connectivity index (χ0v) is 11.9. The molecule has 1 amide bonds. The zero-order valence-electron chi connectivity index (χ0n) is 11.9. The molecule has 20 heavy (non-hydrogen) atoms. The summed E-state index contributed by atoms with van der Waals surface area (Å²) >= 11 is 0. The molecule has 8 nitrogen and oxygen atoms in total. The Balaban J connectivity index is 2.21. The Morgan fingerprint density at radius 1 is 1.35 bits per heavy atom. The van der Waals surface area contributed by atoms with E-state index in [9.17, 15) is 4.79 Å². The minimum Gasteiger partial charge on any atom is -0.359 e. The summed E-state index contributed by atoms with van der Waals surface area (Å²) < 4.78 is 0. The third-order valence-corrected chi connectivity index (χ3v) is 2.72. The highest BCUT2D eigenvalue weighted by atomic mass is 16.2. The van der Waals surface area contributed by atoms with Crippen molar-refractivity contribution < 1.29 is 4.79 Å². The van der Waals surface area contributed by atoms with Gasteiger partial charge in [0.05, 0.1) is 12.9 Å². The molecule has 0 spiro atoms. The lowest BCUT2D eigenvalue weighted by Gasteiger charge is -2.12. The Morgan fingerprint density at radius 2 is 2.15 bits per heavy atom. The van der Waals surface area contributed by atoms with Gasteiger partial charge in [-0.15, -0.1) is 0 Å². The van der Waals surface area contributed by atoms with Gasteiger partial charge in [0.15, 0.2) is 11.5 Å². The third kappa shape index (κ3) is 3.14. The van der Waals surface area contributed by atoms with Crippen LogP contribution < -0.4 is 10.6 Å². The molecule has 0 aliphatic heterocycles. The van der Waals surface area contributed by atoms with Gasteiger partial charge >= 0.3 is 0 Å². The topological polar surface area (TPSA) is 98.8 Å². The summed E-state index contributed by atoms with van der Waals surface area (Å²) in [6.45, 7) is 3.02. The lowest BCUT2D eigenvalue weighted by atomic mass is 10.4. The van der Waals surface area contributed by atoms with E-state index in [1.165, 1.54) is 4.90 Å². The van der Waals surface area contributed by atoms with Crippen LogP contribution in [0.4, 0.5) is 11.8 Å². The van der Waals surface area contributed by atoms with Crippen LogP contribution in [0.1, 0.15) is 13.3 Å². The SMILES string of the molecule is CCCNc1nc(NCC(=O)N(C)C)c2[nH]cnc2n1. The molecule has 0 aliphatic rings. The summed E-state index contributed by atoms with van der Waals surface area (Å²) in [6, 6.07) is 0. The number of anilines is 2. The summed E-state index contributed by atoms with van der Waals surface area (Å²) in [6.07, 6.45) is 2.53. The van der Waals surface area contributed by atoms with Gasteiger partial charge in [0.2, 0.25) is 11.9 Å². The molecule has 108 valence electrons. The van der Waals surface area contributed by atoms with Crippen molar-refractivity contribution in [3.63, 3.8) is 0 Å². The number of nitrogens with zero attached hydrogens (tertiary/aromatic N) is 4. The van der Waals surface area contributed by atoms with E-state index in [2.05, 4.69) is 37.5 Å². The maximum atomic E-state index is 11.6. The predicted molar refractivity (Wildman–Crippen MR) is 77.6 cm³/mol. The van der Waals surface area contributed by atoms with Gasteiger partial charge in [0.1, 0.15) is 5.52 Å². The van der Waals surface area contributed by atoms with Crippen LogP contribution in [0.15, 0.2) is 6.33 Å². The molecule has 0 atom stereocenters. The number of carbonyl (C=O) groups is 1. The van der Waals surface area contributed by atoms with Crippen molar-refractivity contribution in [2.75, 3.05) is 37.8 Å². The molecule has 0 bridgehead atoms. The number of imidazole rings is 1. The standard InChI is InChI=1S/C12H19N7O/c1-4-5-13-12-17-10(14-6-8(20)19(2)3)9-11(18-12)16-7-15-9/h7H,4-6H2,1-3H3,(H3,13,14,15,16,17,18). The first kappa shape index (κ1) is 14.0. The van der Waals surface area contributed by atoms with Crippen molar-refractivity contribution in [3.05, 3.63) is 6.33 Å².